The monoisotopic (exact) mass is 363 g/mol. The number of carboxylic acid groups (broad SMARTS) is 1. The highest BCUT2D eigenvalue weighted by Gasteiger charge is 2.26. The van der Waals surface area contributed by atoms with Crippen molar-refractivity contribution in [3.8, 4) is 0 Å². The summed E-state index contributed by atoms with van der Waals surface area (Å²) in [7, 11) is 0. The molecule has 0 bridgehead atoms. The zero-order chi connectivity index (χ0) is 18.2. The van der Waals surface area contributed by atoms with Crippen LogP contribution in [0, 0.1) is 12.8 Å². The smallest absolute Gasteiger partial charge is 0.290 e. The fraction of sp³-hybridized carbons (Fsp3) is 0.389. The molecule has 0 spiro atoms. The molecule has 1 aliphatic rings. The molecule has 3 rings (SSSR count). The minimum Gasteiger partial charge on any atom is -0.483 e. The van der Waals surface area contributed by atoms with Crippen LogP contribution in [0.4, 0.5) is 0 Å². The van der Waals surface area contributed by atoms with Crippen molar-refractivity contribution in [1.82, 2.24) is 14.9 Å². The Morgan fingerprint density at radius 3 is 2.72 bits per heavy atom. The van der Waals surface area contributed by atoms with E-state index in [1.807, 2.05) is 24.0 Å². The molecular weight excluding hydrogens is 342 g/mol. The van der Waals surface area contributed by atoms with Crippen molar-refractivity contribution in [2.24, 2.45) is 5.92 Å². The number of aromatic amines is 1. The second kappa shape index (κ2) is 9.22. The number of nitrogens with one attached hydrogen (secondary N) is 1. The highest BCUT2D eigenvalue weighted by atomic mass is 35.5. The third kappa shape index (κ3) is 5.60. The second-order valence-corrected chi connectivity index (χ2v) is 6.52. The maximum absolute atomic E-state index is 12.4. The number of imidazole rings is 1. The predicted molar refractivity (Wildman–Crippen MR) is 95.6 cm³/mol. The number of hydrogen-bond donors (Lipinski definition) is 2. The van der Waals surface area contributed by atoms with E-state index in [-0.39, 0.29) is 12.4 Å². The number of likely N-dealkylation sites (tertiary alicyclic amines) is 1. The first-order chi connectivity index (χ1) is 12.0. The lowest BCUT2D eigenvalue weighted by Gasteiger charge is -2.16. The molecule has 7 heteroatoms. The summed E-state index contributed by atoms with van der Waals surface area (Å²) < 4.78 is 0. The number of nitrogens with zero attached hydrogens (tertiary/aromatic N) is 2. The largest absolute Gasteiger partial charge is 0.483 e. The number of carbonyl (C=O) groups excluding carboxylic acids is 1. The molecule has 1 unspecified atom stereocenters. The lowest BCUT2D eigenvalue weighted by molar-refractivity contribution is -0.129. The summed E-state index contributed by atoms with van der Waals surface area (Å²) in [6, 6.07) is 7.99. The topological polar surface area (TPSA) is 86.3 Å². The summed E-state index contributed by atoms with van der Waals surface area (Å²) in [6.45, 7) is 3.38. The minimum atomic E-state index is -0.250. The lowest BCUT2D eigenvalue weighted by atomic mass is 9.99. The molecule has 1 saturated heterocycles. The van der Waals surface area contributed by atoms with E-state index in [9.17, 15) is 4.79 Å². The van der Waals surface area contributed by atoms with Gasteiger partial charge in [0.2, 0.25) is 5.91 Å². The van der Waals surface area contributed by atoms with Crippen LogP contribution >= 0.6 is 11.6 Å². The van der Waals surface area contributed by atoms with Gasteiger partial charge in [-0.05, 0) is 43.4 Å². The molecule has 2 aromatic rings. The molecule has 1 aliphatic heterocycles. The van der Waals surface area contributed by atoms with Crippen LogP contribution in [-0.4, -0.2) is 45.4 Å². The van der Waals surface area contributed by atoms with E-state index < -0.39 is 0 Å². The quantitative estimate of drug-likeness (QED) is 0.818. The van der Waals surface area contributed by atoms with Crippen molar-refractivity contribution in [1.29, 1.82) is 0 Å². The number of aryl methyl sites for hydroxylation is 1. The van der Waals surface area contributed by atoms with Gasteiger partial charge < -0.3 is 15.0 Å². The van der Waals surface area contributed by atoms with Crippen LogP contribution < -0.4 is 0 Å². The van der Waals surface area contributed by atoms with Crippen molar-refractivity contribution in [2.75, 3.05) is 13.1 Å². The zero-order valence-corrected chi connectivity index (χ0v) is 14.9. The molecule has 0 aliphatic carbocycles. The fourth-order valence-electron chi connectivity index (χ4n) is 3.00. The highest BCUT2D eigenvalue weighted by molar-refractivity contribution is 6.30. The number of rotatable bonds is 4. The summed E-state index contributed by atoms with van der Waals surface area (Å²) in [5, 5.41) is 7.65. The number of carbonyl (C=O) groups is 2. The van der Waals surface area contributed by atoms with Gasteiger partial charge in [0, 0.05) is 23.8 Å². The molecule has 134 valence electrons. The molecule has 1 fully saturated rings. The Kier molecular flexibility index (Phi) is 7.01. The van der Waals surface area contributed by atoms with E-state index >= 15 is 0 Å². The van der Waals surface area contributed by atoms with Crippen LogP contribution in [0.25, 0.3) is 0 Å². The van der Waals surface area contributed by atoms with Crippen molar-refractivity contribution < 1.29 is 14.7 Å². The van der Waals surface area contributed by atoms with Gasteiger partial charge in [-0.2, -0.15) is 0 Å². The van der Waals surface area contributed by atoms with Gasteiger partial charge in [-0.3, -0.25) is 9.59 Å². The van der Waals surface area contributed by atoms with Gasteiger partial charge in [0.1, 0.15) is 0 Å². The van der Waals surface area contributed by atoms with E-state index in [4.69, 9.17) is 21.5 Å². The van der Waals surface area contributed by atoms with Crippen LogP contribution in [0.3, 0.4) is 0 Å². The normalized spacial score (nSPS) is 16.2. The summed E-state index contributed by atoms with van der Waals surface area (Å²) >= 11 is 5.91. The Morgan fingerprint density at radius 1 is 1.44 bits per heavy atom. The maximum Gasteiger partial charge on any atom is 0.290 e. The molecule has 1 atom stereocenters. The molecule has 25 heavy (non-hydrogen) atoms. The van der Waals surface area contributed by atoms with Crippen LogP contribution in [0.2, 0.25) is 5.02 Å². The van der Waals surface area contributed by atoms with Crippen LogP contribution in [-0.2, 0) is 22.4 Å². The molecule has 0 saturated carbocycles. The van der Waals surface area contributed by atoms with Gasteiger partial charge in [-0.1, -0.05) is 23.7 Å². The molecule has 2 N–H and O–H groups in total. The first kappa shape index (κ1) is 19.0. The molecule has 1 aromatic heterocycles. The summed E-state index contributed by atoms with van der Waals surface area (Å²) in [6.07, 6.45) is 4.10. The van der Waals surface area contributed by atoms with Crippen molar-refractivity contribution in [2.45, 2.75) is 26.2 Å². The van der Waals surface area contributed by atoms with Crippen molar-refractivity contribution >= 4 is 24.0 Å². The Labute approximate surface area is 151 Å². The SMILES string of the molecule is Cc1[nH]cnc1CC(=O)N1CCC(Cc2ccc(Cl)cc2)C1.O=CO. The van der Waals surface area contributed by atoms with Gasteiger partial charge in [0.15, 0.2) is 0 Å². The molecule has 6 nitrogen and oxygen atoms in total. The maximum atomic E-state index is 12.4. The number of aromatic nitrogens is 2. The average Bonchev–Trinajstić information content (AvgIpc) is 3.20. The second-order valence-electron chi connectivity index (χ2n) is 6.08. The Morgan fingerprint density at radius 2 is 2.12 bits per heavy atom. The van der Waals surface area contributed by atoms with Gasteiger partial charge >= 0.3 is 0 Å². The van der Waals surface area contributed by atoms with Crippen LogP contribution in [0.5, 0.6) is 0 Å². The Balaban J connectivity index is 0.000000701. The van der Waals surface area contributed by atoms with E-state index in [1.165, 1.54) is 5.56 Å². The summed E-state index contributed by atoms with van der Waals surface area (Å²) in [4.78, 5) is 29.9. The van der Waals surface area contributed by atoms with Gasteiger partial charge in [-0.15, -0.1) is 0 Å². The van der Waals surface area contributed by atoms with E-state index in [1.54, 1.807) is 6.33 Å². The highest BCUT2D eigenvalue weighted by Crippen LogP contribution is 2.22. The Bertz CT molecular complexity index is 700. The van der Waals surface area contributed by atoms with Crippen molar-refractivity contribution in [3.63, 3.8) is 0 Å². The molecular formula is C18H22ClN3O3. The standard InChI is InChI=1S/C17H20ClN3O.CH2O2/c1-12-16(20-11-19-12)9-17(22)21-7-6-14(10-21)8-13-2-4-15(18)5-3-13;2-1-3/h2-5,11,14H,6-10H2,1H3,(H,19,20);1H,(H,2,3). The number of amides is 1. The molecule has 0 radical (unpaired) electrons. The summed E-state index contributed by atoms with van der Waals surface area (Å²) in [5.41, 5.74) is 3.11. The van der Waals surface area contributed by atoms with Gasteiger partial charge in [0.25, 0.3) is 6.47 Å². The van der Waals surface area contributed by atoms with Crippen molar-refractivity contribution in [3.05, 3.63) is 52.6 Å². The third-order valence-corrected chi connectivity index (χ3v) is 4.58. The average molecular weight is 364 g/mol. The van der Waals surface area contributed by atoms with Crippen LogP contribution in [0.1, 0.15) is 23.4 Å². The van der Waals surface area contributed by atoms with Crippen LogP contribution in [0.15, 0.2) is 30.6 Å². The minimum absolute atomic E-state index is 0.175. The third-order valence-electron chi connectivity index (χ3n) is 4.33. The number of halogens is 1. The number of H-pyrrole nitrogens is 1. The van der Waals surface area contributed by atoms with E-state index in [2.05, 4.69) is 22.1 Å². The molecule has 1 aromatic carbocycles. The number of hydrogen-bond acceptors (Lipinski definition) is 3. The zero-order valence-electron chi connectivity index (χ0n) is 14.1. The molecule has 1 amide bonds. The first-order valence-corrected chi connectivity index (χ1v) is 8.50. The van der Waals surface area contributed by atoms with Gasteiger partial charge in [0.05, 0.1) is 18.4 Å². The van der Waals surface area contributed by atoms with Gasteiger partial charge in [-0.25, -0.2) is 4.98 Å². The predicted octanol–water partition coefficient (Wildman–Crippen LogP) is 2.71. The number of benzene rings is 1. The summed E-state index contributed by atoms with van der Waals surface area (Å²) in [5.74, 6) is 0.708. The fourth-order valence-corrected chi connectivity index (χ4v) is 3.13. The first-order valence-electron chi connectivity index (χ1n) is 8.12. The lowest BCUT2D eigenvalue weighted by Crippen LogP contribution is -2.30. The van der Waals surface area contributed by atoms with E-state index in [0.717, 1.165) is 42.3 Å². The molecule has 2 heterocycles. The van der Waals surface area contributed by atoms with E-state index in [0.29, 0.717) is 12.3 Å². The Hall–Kier alpha value is -2.34.